The average Bonchev–Trinajstić information content (AvgIpc) is 2.58. The predicted octanol–water partition coefficient (Wildman–Crippen LogP) is 2.15. The highest BCUT2D eigenvalue weighted by atomic mass is 19.1. The van der Waals surface area contributed by atoms with Gasteiger partial charge in [-0.25, -0.2) is 9.18 Å². The molecule has 0 saturated heterocycles. The fraction of sp³-hybridized carbons (Fsp3) is 0.235. The third kappa shape index (κ3) is 5.05. The Bertz CT molecular complexity index is 636. The summed E-state index contributed by atoms with van der Waals surface area (Å²) in [5.74, 6) is -0.620. The molecule has 0 saturated carbocycles. The van der Waals surface area contributed by atoms with Crippen LogP contribution in [-0.2, 0) is 11.3 Å². The SMILES string of the molecule is O=C(NCC(O)C(O)c1ccccc1F)OCc1ccccc1. The first-order valence-corrected chi connectivity index (χ1v) is 7.13. The molecule has 3 N–H and O–H groups in total. The molecule has 2 unspecified atom stereocenters. The van der Waals surface area contributed by atoms with E-state index in [2.05, 4.69) is 5.32 Å². The first-order valence-electron chi connectivity index (χ1n) is 7.13. The first-order chi connectivity index (χ1) is 11.1. The molecule has 2 aromatic rings. The third-order valence-electron chi connectivity index (χ3n) is 3.26. The molecule has 0 spiro atoms. The molecule has 0 bridgehead atoms. The zero-order valence-electron chi connectivity index (χ0n) is 12.4. The molecule has 5 nitrogen and oxygen atoms in total. The van der Waals surface area contributed by atoms with E-state index in [1.165, 1.54) is 18.2 Å². The number of amides is 1. The Morgan fingerprint density at radius 2 is 1.74 bits per heavy atom. The molecule has 6 heteroatoms. The maximum atomic E-state index is 13.5. The number of hydrogen-bond acceptors (Lipinski definition) is 4. The molecule has 0 fully saturated rings. The first kappa shape index (κ1) is 16.9. The number of benzene rings is 2. The summed E-state index contributed by atoms with van der Waals surface area (Å²) in [4.78, 5) is 11.5. The quantitative estimate of drug-likeness (QED) is 0.762. The number of halogens is 1. The molecule has 0 heterocycles. The minimum atomic E-state index is -1.44. The van der Waals surface area contributed by atoms with Crippen molar-refractivity contribution in [2.75, 3.05) is 6.54 Å². The molecular weight excluding hydrogens is 301 g/mol. The molecule has 0 aromatic heterocycles. The summed E-state index contributed by atoms with van der Waals surface area (Å²) in [6.45, 7) is -0.165. The Morgan fingerprint density at radius 1 is 1.09 bits per heavy atom. The van der Waals surface area contributed by atoms with Crippen LogP contribution in [0.1, 0.15) is 17.2 Å². The van der Waals surface area contributed by atoms with E-state index in [-0.39, 0.29) is 18.7 Å². The molecule has 1 amide bonds. The van der Waals surface area contributed by atoms with Crippen LogP contribution in [-0.4, -0.2) is 29.0 Å². The summed E-state index contributed by atoms with van der Waals surface area (Å²) in [5.41, 5.74) is 0.800. The lowest BCUT2D eigenvalue weighted by molar-refractivity contribution is 0.0164. The minimum Gasteiger partial charge on any atom is -0.445 e. The second kappa shape index (κ2) is 8.26. The lowest BCUT2D eigenvalue weighted by Gasteiger charge is -2.19. The van der Waals surface area contributed by atoms with Gasteiger partial charge in [0.1, 0.15) is 24.6 Å². The van der Waals surface area contributed by atoms with E-state index in [4.69, 9.17) is 4.74 Å². The largest absolute Gasteiger partial charge is 0.445 e. The van der Waals surface area contributed by atoms with Gasteiger partial charge in [-0.3, -0.25) is 0 Å². The molecule has 0 aliphatic carbocycles. The van der Waals surface area contributed by atoms with E-state index >= 15 is 0 Å². The van der Waals surface area contributed by atoms with Crippen molar-refractivity contribution in [3.05, 3.63) is 71.5 Å². The summed E-state index contributed by atoms with van der Waals surface area (Å²) in [5, 5.41) is 22.1. The van der Waals surface area contributed by atoms with Crippen molar-refractivity contribution in [3.63, 3.8) is 0 Å². The summed E-state index contributed by atoms with van der Waals surface area (Å²) < 4.78 is 18.5. The Hall–Kier alpha value is -2.44. The van der Waals surface area contributed by atoms with Crippen molar-refractivity contribution >= 4 is 6.09 Å². The maximum absolute atomic E-state index is 13.5. The van der Waals surface area contributed by atoms with Gasteiger partial charge in [0.2, 0.25) is 0 Å². The predicted molar refractivity (Wildman–Crippen MR) is 82.0 cm³/mol. The Balaban J connectivity index is 1.78. The molecule has 0 radical (unpaired) electrons. The zero-order chi connectivity index (χ0) is 16.7. The van der Waals surface area contributed by atoms with Gasteiger partial charge < -0.3 is 20.3 Å². The molecule has 2 rings (SSSR count). The fourth-order valence-electron chi connectivity index (χ4n) is 2.00. The number of aliphatic hydroxyl groups excluding tert-OH is 2. The van der Waals surface area contributed by atoms with Crippen LogP contribution in [0.5, 0.6) is 0 Å². The highest BCUT2D eigenvalue weighted by Crippen LogP contribution is 2.19. The van der Waals surface area contributed by atoms with Crippen molar-refractivity contribution in [1.82, 2.24) is 5.32 Å². The number of hydrogen-bond donors (Lipinski definition) is 3. The number of alkyl carbamates (subject to hydrolysis) is 1. The van der Waals surface area contributed by atoms with Crippen LogP contribution < -0.4 is 5.32 Å². The van der Waals surface area contributed by atoms with Gasteiger partial charge in [-0.2, -0.15) is 0 Å². The van der Waals surface area contributed by atoms with E-state index in [0.29, 0.717) is 0 Å². The van der Waals surface area contributed by atoms with Crippen LogP contribution in [0.2, 0.25) is 0 Å². The number of carbonyl (C=O) groups is 1. The van der Waals surface area contributed by atoms with E-state index in [1.807, 2.05) is 30.3 Å². The monoisotopic (exact) mass is 319 g/mol. The van der Waals surface area contributed by atoms with Gasteiger partial charge in [0.05, 0.1) is 0 Å². The Morgan fingerprint density at radius 3 is 2.43 bits per heavy atom. The van der Waals surface area contributed by atoms with Gasteiger partial charge in [0.25, 0.3) is 0 Å². The van der Waals surface area contributed by atoms with Crippen molar-refractivity contribution in [2.24, 2.45) is 0 Å². The number of nitrogens with one attached hydrogen (secondary N) is 1. The lowest BCUT2D eigenvalue weighted by atomic mass is 10.0. The maximum Gasteiger partial charge on any atom is 0.407 e. The smallest absolute Gasteiger partial charge is 0.407 e. The van der Waals surface area contributed by atoms with Crippen molar-refractivity contribution in [1.29, 1.82) is 0 Å². The molecule has 23 heavy (non-hydrogen) atoms. The summed E-state index contributed by atoms with van der Waals surface area (Å²) in [6.07, 6.45) is -3.52. The van der Waals surface area contributed by atoms with Crippen LogP contribution in [0.4, 0.5) is 9.18 Å². The van der Waals surface area contributed by atoms with Crippen LogP contribution in [0.15, 0.2) is 54.6 Å². The summed E-state index contributed by atoms with van der Waals surface area (Å²) in [7, 11) is 0. The van der Waals surface area contributed by atoms with Crippen LogP contribution in [0, 0.1) is 5.82 Å². The van der Waals surface area contributed by atoms with E-state index in [1.54, 1.807) is 6.07 Å². The highest BCUT2D eigenvalue weighted by Gasteiger charge is 2.21. The summed E-state index contributed by atoms with van der Waals surface area (Å²) >= 11 is 0. The third-order valence-corrected chi connectivity index (χ3v) is 3.26. The molecule has 0 aliphatic rings. The lowest BCUT2D eigenvalue weighted by Crippen LogP contribution is -2.36. The van der Waals surface area contributed by atoms with E-state index in [9.17, 15) is 19.4 Å². The highest BCUT2D eigenvalue weighted by molar-refractivity contribution is 5.67. The second-order valence-electron chi connectivity index (χ2n) is 4.98. The second-order valence-corrected chi connectivity index (χ2v) is 4.98. The average molecular weight is 319 g/mol. The van der Waals surface area contributed by atoms with Gasteiger partial charge in [-0.15, -0.1) is 0 Å². The van der Waals surface area contributed by atoms with E-state index < -0.39 is 24.1 Å². The molecule has 2 atom stereocenters. The van der Waals surface area contributed by atoms with Gasteiger partial charge >= 0.3 is 6.09 Å². The van der Waals surface area contributed by atoms with Gasteiger partial charge in [-0.1, -0.05) is 48.5 Å². The summed E-state index contributed by atoms with van der Waals surface area (Å²) in [6, 6.07) is 14.7. The number of rotatable bonds is 6. The number of ether oxygens (including phenoxy) is 1. The van der Waals surface area contributed by atoms with Crippen LogP contribution in [0.25, 0.3) is 0 Å². The van der Waals surface area contributed by atoms with Crippen LogP contribution >= 0.6 is 0 Å². The Kier molecular flexibility index (Phi) is 6.08. The zero-order valence-corrected chi connectivity index (χ0v) is 12.4. The van der Waals surface area contributed by atoms with Crippen molar-refractivity contribution in [2.45, 2.75) is 18.8 Å². The number of carbonyl (C=O) groups excluding carboxylic acids is 1. The van der Waals surface area contributed by atoms with Crippen molar-refractivity contribution < 1.29 is 24.1 Å². The number of aliphatic hydroxyl groups is 2. The molecule has 0 aliphatic heterocycles. The Labute approximate surface area is 133 Å². The fourth-order valence-corrected chi connectivity index (χ4v) is 2.00. The minimum absolute atomic E-state index is 0.0283. The molecule has 2 aromatic carbocycles. The normalized spacial score (nSPS) is 13.2. The molecule has 122 valence electrons. The van der Waals surface area contributed by atoms with Crippen LogP contribution in [0.3, 0.4) is 0 Å². The van der Waals surface area contributed by atoms with Crippen molar-refractivity contribution in [3.8, 4) is 0 Å². The molecular formula is C17H18FNO4. The standard InChI is InChI=1S/C17H18FNO4/c18-14-9-5-4-8-13(14)16(21)15(20)10-19-17(22)23-11-12-6-2-1-3-7-12/h1-9,15-16,20-21H,10-11H2,(H,19,22). The van der Waals surface area contributed by atoms with Gasteiger partial charge in [0, 0.05) is 12.1 Å². The van der Waals surface area contributed by atoms with Gasteiger partial charge in [0.15, 0.2) is 0 Å². The van der Waals surface area contributed by atoms with Gasteiger partial charge in [-0.05, 0) is 11.6 Å². The topological polar surface area (TPSA) is 78.8 Å². The van der Waals surface area contributed by atoms with E-state index in [0.717, 1.165) is 5.56 Å².